The van der Waals surface area contributed by atoms with Gasteiger partial charge in [0.1, 0.15) is 0 Å². The Hall–Kier alpha value is -1.45. The van der Waals surface area contributed by atoms with Gasteiger partial charge in [-0.05, 0) is 19.4 Å². The van der Waals surface area contributed by atoms with Crippen molar-refractivity contribution in [2.24, 2.45) is 10.1 Å². The minimum atomic E-state index is -0.345. The average Bonchev–Trinajstić information content (AvgIpc) is 2.32. The number of nitrogens with zero attached hydrogens (tertiary/aromatic N) is 2. The van der Waals surface area contributed by atoms with E-state index in [2.05, 4.69) is 15.5 Å². The number of nitrogens with one attached hydrogen (secondary N) is 1. The summed E-state index contributed by atoms with van der Waals surface area (Å²) in [5.74, 6) is -0.135. The van der Waals surface area contributed by atoms with Gasteiger partial charge in [0.2, 0.25) is 0 Å². The van der Waals surface area contributed by atoms with Crippen LogP contribution in [0.25, 0.3) is 0 Å². The van der Waals surface area contributed by atoms with Crippen molar-refractivity contribution in [1.82, 2.24) is 5.43 Å². The van der Waals surface area contributed by atoms with Crippen LogP contribution in [0.3, 0.4) is 0 Å². The van der Waals surface area contributed by atoms with Gasteiger partial charge in [0.15, 0.2) is 6.04 Å². The lowest BCUT2D eigenvalue weighted by atomic mass is 10.0. The summed E-state index contributed by atoms with van der Waals surface area (Å²) in [6.45, 7) is 3.86. The molecule has 0 radical (unpaired) electrons. The highest BCUT2D eigenvalue weighted by Crippen LogP contribution is 2.21. The zero-order chi connectivity index (χ0) is 8.72. The smallest absolute Gasteiger partial charge is 0.269 e. The largest absolute Gasteiger partial charge is 0.272 e. The van der Waals surface area contributed by atoms with Crippen LogP contribution in [0.15, 0.2) is 21.2 Å². The second-order valence-electron chi connectivity index (χ2n) is 2.93. The van der Waals surface area contributed by atoms with Crippen LogP contribution < -0.4 is 5.43 Å². The van der Waals surface area contributed by atoms with Gasteiger partial charge in [-0.3, -0.25) is 9.79 Å². The van der Waals surface area contributed by atoms with Crippen LogP contribution in [0.4, 0.5) is 0 Å². The molecular weight excluding hydrogens is 154 g/mol. The summed E-state index contributed by atoms with van der Waals surface area (Å²) in [7, 11) is 0. The van der Waals surface area contributed by atoms with Gasteiger partial charge in [-0.15, -0.1) is 0 Å². The fourth-order valence-corrected chi connectivity index (χ4v) is 1.37. The Kier molecular flexibility index (Phi) is 1.36. The maximum atomic E-state index is 11.2. The summed E-state index contributed by atoms with van der Waals surface area (Å²) in [4.78, 5) is 15.4. The molecule has 1 N–H and O–H groups in total. The lowest BCUT2D eigenvalue weighted by molar-refractivity contribution is -0.121. The minimum Gasteiger partial charge on any atom is -0.272 e. The number of amides is 1. The number of hydrazone groups is 1. The molecular formula is C8H9N3O. The molecule has 0 fully saturated rings. The molecule has 0 aromatic carbocycles. The molecule has 0 bridgehead atoms. The molecule has 0 saturated heterocycles. The quantitative estimate of drug-likeness (QED) is 0.547. The molecule has 2 aliphatic rings. The van der Waals surface area contributed by atoms with Gasteiger partial charge in [-0.2, -0.15) is 5.10 Å². The molecule has 1 amide bonds. The molecule has 12 heavy (non-hydrogen) atoms. The zero-order valence-electron chi connectivity index (χ0n) is 6.96. The third kappa shape index (κ3) is 0.809. The van der Waals surface area contributed by atoms with E-state index in [0.29, 0.717) is 0 Å². The predicted molar refractivity (Wildman–Crippen MR) is 46.2 cm³/mol. The summed E-state index contributed by atoms with van der Waals surface area (Å²) in [5.41, 5.74) is 5.31. The van der Waals surface area contributed by atoms with Crippen molar-refractivity contribution in [3.63, 3.8) is 0 Å². The van der Waals surface area contributed by atoms with Crippen LogP contribution in [0.2, 0.25) is 0 Å². The molecule has 2 aliphatic heterocycles. The number of allylic oxidation sites excluding steroid dienone is 1. The Bertz CT molecular complexity index is 338. The van der Waals surface area contributed by atoms with Crippen LogP contribution in [0.1, 0.15) is 13.8 Å². The second-order valence-corrected chi connectivity index (χ2v) is 2.93. The molecule has 4 heteroatoms. The lowest BCUT2D eigenvalue weighted by Gasteiger charge is -2.12. The Morgan fingerprint density at radius 1 is 1.50 bits per heavy atom. The van der Waals surface area contributed by atoms with Crippen molar-refractivity contribution in [2.45, 2.75) is 19.9 Å². The van der Waals surface area contributed by atoms with E-state index in [-0.39, 0.29) is 11.9 Å². The highest BCUT2D eigenvalue weighted by molar-refractivity contribution is 6.12. The van der Waals surface area contributed by atoms with Crippen molar-refractivity contribution in [1.29, 1.82) is 0 Å². The van der Waals surface area contributed by atoms with Crippen molar-refractivity contribution >= 4 is 17.8 Å². The number of hydrogen-bond donors (Lipinski definition) is 1. The molecule has 0 spiro atoms. The van der Waals surface area contributed by atoms with E-state index in [1.165, 1.54) is 0 Å². The molecule has 1 atom stereocenters. The van der Waals surface area contributed by atoms with Crippen molar-refractivity contribution < 1.29 is 4.79 Å². The Balaban J connectivity index is 2.51. The number of rotatable bonds is 0. The van der Waals surface area contributed by atoms with Crippen LogP contribution in [0, 0.1) is 0 Å². The first kappa shape index (κ1) is 7.21. The number of aliphatic imine (C=N–C) groups is 1. The van der Waals surface area contributed by atoms with E-state index in [1.807, 2.05) is 13.8 Å². The lowest BCUT2D eigenvalue weighted by Crippen LogP contribution is -2.34. The highest BCUT2D eigenvalue weighted by atomic mass is 16.2. The number of carbonyl (C=O) groups excluding carboxylic acids is 1. The summed E-state index contributed by atoms with van der Waals surface area (Å²) in [6, 6.07) is -0.345. The summed E-state index contributed by atoms with van der Waals surface area (Å²) < 4.78 is 0. The molecule has 0 aromatic heterocycles. The monoisotopic (exact) mass is 163 g/mol. The fourth-order valence-electron chi connectivity index (χ4n) is 1.37. The first-order chi connectivity index (χ1) is 5.70. The number of carbonyl (C=O) groups is 1. The summed E-state index contributed by atoms with van der Waals surface area (Å²) in [5, 5.41) is 3.73. The van der Waals surface area contributed by atoms with Crippen molar-refractivity contribution in [2.75, 3.05) is 0 Å². The van der Waals surface area contributed by atoms with E-state index in [1.54, 1.807) is 6.21 Å². The minimum absolute atomic E-state index is 0.135. The first-order valence-electron chi connectivity index (χ1n) is 3.78. The van der Waals surface area contributed by atoms with Gasteiger partial charge in [-0.1, -0.05) is 0 Å². The van der Waals surface area contributed by atoms with E-state index in [9.17, 15) is 4.79 Å². The highest BCUT2D eigenvalue weighted by Gasteiger charge is 2.30. The van der Waals surface area contributed by atoms with Gasteiger partial charge in [-0.25, -0.2) is 5.43 Å². The average molecular weight is 163 g/mol. The summed E-state index contributed by atoms with van der Waals surface area (Å²) in [6.07, 6.45) is 1.67. The maximum Gasteiger partial charge on any atom is 0.269 e. The van der Waals surface area contributed by atoms with E-state index >= 15 is 0 Å². The normalized spacial score (nSPS) is 27.0. The third-order valence-corrected chi connectivity index (χ3v) is 2.22. The number of fused-ring (bicyclic) bond motifs is 1. The van der Waals surface area contributed by atoms with Gasteiger partial charge < -0.3 is 0 Å². The Morgan fingerprint density at radius 2 is 2.25 bits per heavy atom. The van der Waals surface area contributed by atoms with Crippen LogP contribution in [-0.4, -0.2) is 23.9 Å². The van der Waals surface area contributed by atoms with Gasteiger partial charge in [0.25, 0.3) is 5.91 Å². The molecule has 62 valence electrons. The molecule has 1 unspecified atom stereocenters. The number of hydrogen-bond acceptors (Lipinski definition) is 3. The van der Waals surface area contributed by atoms with Gasteiger partial charge >= 0.3 is 0 Å². The first-order valence-corrected chi connectivity index (χ1v) is 3.78. The van der Waals surface area contributed by atoms with Crippen molar-refractivity contribution in [3.05, 3.63) is 11.1 Å². The van der Waals surface area contributed by atoms with Gasteiger partial charge in [0, 0.05) is 11.3 Å². The molecule has 0 aliphatic carbocycles. The van der Waals surface area contributed by atoms with Crippen LogP contribution in [-0.2, 0) is 4.79 Å². The van der Waals surface area contributed by atoms with Gasteiger partial charge in [0.05, 0.1) is 6.21 Å². The standard InChI is InChI=1S/C8H9N3O/c1-4-5(2)10-7-6(4)3-9-11-8(7)12/h3,7H,1-2H3,(H,11,12). The Morgan fingerprint density at radius 3 is 2.92 bits per heavy atom. The SMILES string of the molecule is CC1=NC2C(=O)NN=CC2=C1C. The van der Waals surface area contributed by atoms with Crippen LogP contribution in [0.5, 0.6) is 0 Å². The Labute approximate surface area is 70.1 Å². The molecule has 4 nitrogen and oxygen atoms in total. The topological polar surface area (TPSA) is 53.8 Å². The molecule has 2 heterocycles. The zero-order valence-corrected chi connectivity index (χ0v) is 6.96. The molecule has 0 saturated carbocycles. The van der Waals surface area contributed by atoms with Crippen molar-refractivity contribution in [3.8, 4) is 0 Å². The van der Waals surface area contributed by atoms with Crippen LogP contribution >= 0.6 is 0 Å². The van der Waals surface area contributed by atoms with E-state index in [0.717, 1.165) is 16.9 Å². The second kappa shape index (κ2) is 2.27. The third-order valence-electron chi connectivity index (χ3n) is 2.22. The van der Waals surface area contributed by atoms with E-state index < -0.39 is 0 Å². The molecule has 2 rings (SSSR count). The molecule has 0 aromatic rings. The summed E-state index contributed by atoms with van der Waals surface area (Å²) >= 11 is 0. The fraction of sp³-hybridized carbons (Fsp3) is 0.375. The maximum absolute atomic E-state index is 11.2. The van der Waals surface area contributed by atoms with E-state index in [4.69, 9.17) is 0 Å². The predicted octanol–water partition coefficient (Wildman–Crippen LogP) is 0.262.